The van der Waals surface area contributed by atoms with Crippen LogP contribution in [0.3, 0.4) is 0 Å². The van der Waals surface area contributed by atoms with E-state index in [9.17, 15) is 0 Å². The SMILES string of the molecule is CCC(NCc1csc(Br)c1)C(C)(C)C. The van der Waals surface area contributed by atoms with Crippen LogP contribution in [-0.4, -0.2) is 6.04 Å². The highest BCUT2D eigenvalue weighted by Gasteiger charge is 2.21. The van der Waals surface area contributed by atoms with Crippen LogP contribution in [0.1, 0.15) is 39.7 Å². The van der Waals surface area contributed by atoms with Crippen LogP contribution >= 0.6 is 27.3 Å². The molecule has 0 fully saturated rings. The molecule has 15 heavy (non-hydrogen) atoms. The molecule has 1 unspecified atom stereocenters. The maximum absolute atomic E-state index is 3.62. The van der Waals surface area contributed by atoms with Crippen molar-refractivity contribution in [2.24, 2.45) is 5.41 Å². The Bertz CT molecular complexity index is 301. The van der Waals surface area contributed by atoms with Crippen molar-refractivity contribution in [2.45, 2.75) is 46.7 Å². The van der Waals surface area contributed by atoms with E-state index in [-0.39, 0.29) is 0 Å². The first kappa shape index (κ1) is 13.2. The zero-order valence-corrected chi connectivity index (χ0v) is 12.3. The molecule has 0 aromatic carbocycles. The Morgan fingerprint density at radius 3 is 2.53 bits per heavy atom. The van der Waals surface area contributed by atoms with Gasteiger partial charge in [0.05, 0.1) is 3.79 Å². The Morgan fingerprint density at radius 2 is 2.13 bits per heavy atom. The van der Waals surface area contributed by atoms with E-state index >= 15 is 0 Å². The monoisotopic (exact) mass is 289 g/mol. The van der Waals surface area contributed by atoms with Gasteiger partial charge in [-0.15, -0.1) is 11.3 Å². The lowest BCUT2D eigenvalue weighted by Gasteiger charge is -2.30. The summed E-state index contributed by atoms with van der Waals surface area (Å²) in [4.78, 5) is 0. The molecule has 1 heterocycles. The van der Waals surface area contributed by atoms with E-state index in [0.29, 0.717) is 11.5 Å². The molecule has 0 aliphatic rings. The summed E-state index contributed by atoms with van der Waals surface area (Å²) in [5.74, 6) is 0. The summed E-state index contributed by atoms with van der Waals surface area (Å²) in [6.45, 7) is 10.1. The molecule has 0 saturated carbocycles. The molecule has 0 aliphatic carbocycles. The van der Waals surface area contributed by atoms with Gasteiger partial charge in [0.15, 0.2) is 0 Å². The van der Waals surface area contributed by atoms with Gasteiger partial charge in [-0.25, -0.2) is 0 Å². The van der Waals surface area contributed by atoms with Crippen LogP contribution in [0.5, 0.6) is 0 Å². The van der Waals surface area contributed by atoms with E-state index in [0.717, 1.165) is 6.54 Å². The van der Waals surface area contributed by atoms with E-state index in [1.165, 1.54) is 15.8 Å². The van der Waals surface area contributed by atoms with Crippen LogP contribution in [0.25, 0.3) is 0 Å². The molecule has 0 saturated heterocycles. The molecule has 1 aromatic rings. The number of hydrogen-bond donors (Lipinski definition) is 1. The average Bonchev–Trinajstić information content (AvgIpc) is 2.50. The van der Waals surface area contributed by atoms with Gasteiger partial charge in [-0.3, -0.25) is 0 Å². The molecule has 0 bridgehead atoms. The molecular weight excluding hydrogens is 270 g/mol. The molecule has 1 rings (SSSR count). The second kappa shape index (κ2) is 5.46. The van der Waals surface area contributed by atoms with Gasteiger partial charge >= 0.3 is 0 Å². The molecule has 1 atom stereocenters. The highest BCUT2D eigenvalue weighted by molar-refractivity contribution is 9.11. The quantitative estimate of drug-likeness (QED) is 0.865. The first-order valence-corrected chi connectivity index (χ1v) is 7.07. The van der Waals surface area contributed by atoms with Gasteiger partial charge in [0.2, 0.25) is 0 Å². The molecule has 3 heteroatoms. The summed E-state index contributed by atoms with van der Waals surface area (Å²) >= 11 is 5.23. The summed E-state index contributed by atoms with van der Waals surface area (Å²) in [5.41, 5.74) is 1.71. The van der Waals surface area contributed by atoms with Crippen LogP contribution in [-0.2, 0) is 6.54 Å². The van der Waals surface area contributed by atoms with E-state index in [2.05, 4.69) is 60.4 Å². The Labute approximate surface area is 105 Å². The van der Waals surface area contributed by atoms with Gasteiger partial charge in [0, 0.05) is 12.6 Å². The summed E-state index contributed by atoms with van der Waals surface area (Å²) in [6.07, 6.45) is 1.18. The fourth-order valence-electron chi connectivity index (χ4n) is 1.74. The molecule has 0 radical (unpaired) electrons. The van der Waals surface area contributed by atoms with E-state index in [1.807, 2.05) is 0 Å². The lowest BCUT2D eigenvalue weighted by atomic mass is 9.85. The normalized spacial score (nSPS) is 14.2. The highest BCUT2D eigenvalue weighted by Crippen LogP contribution is 2.24. The van der Waals surface area contributed by atoms with Crippen LogP contribution in [0.2, 0.25) is 0 Å². The molecular formula is C12H20BrNS. The highest BCUT2D eigenvalue weighted by atomic mass is 79.9. The summed E-state index contributed by atoms with van der Waals surface area (Å²) in [6, 6.07) is 2.77. The fourth-order valence-corrected chi connectivity index (χ4v) is 2.95. The number of nitrogens with one attached hydrogen (secondary N) is 1. The van der Waals surface area contributed by atoms with Gasteiger partial charge < -0.3 is 5.32 Å². The Kier molecular flexibility index (Phi) is 4.81. The average molecular weight is 290 g/mol. The molecule has 0 amide bonds. The third kappa shape index (κ3) is 4.25. The van der Waals surface area contributed by atoms with Crippen molar-refractivity contribution in [3.05, 3.63) is 20.8 Å². The molecule has 86 valence electrons. The van der Waals surface area contributed by atoms with Crippen LogP contribution in [0.4, 0.5) is 0 Å². The molecule has 1 N–H and O–H groups in total. The largest absolute Gasteiger partial charge is 0.309 e. The van der Waals surface area contributed by atoms with Crippen molar-refractivity contribution in [1.29, 1.82) is 0 Å². The van der Waals surface area contributed by atoms with Gasteiger partial charge in [0.25, 0.3) is 0 Å². The van der Waals surface area contributed by atoms with E-state index < -0.39 is 0 Å². The molecule has 1 aromatic heterocycles. The molecule has 1 nitrogen and oxygen atoms in total. The lowest BCUT2D eigenvalue weighted by molar-refractivity contribution is 0.260. The Morgan fingerprint density at radius 1 is 1.47 bits per heavy atom. The van der Waals surface area contributed by atoms with Crippen molar-refractivity contribution in [3.63, 3.8) is 0 Å². The van der Waals surface area contributed by atoms with Gasteiger partial charge in [-0.2, -0.15) is 0 Å². The minimum atomic E-state index is 0.335. The van der Waals surface area contributed by atoms with Gasteiger partial charge in [-0.05, 0) is 44.8 Å². The number of rotatable bonds is 4. The van der Waals surface area contributed by atoms with Gasteiger partial charge in [0.1, 0.15) is 0 Å². The standard InChI is InChI=1S/C12H20BrNS/c1-5-10(12(2,3)4)14-7-9-6-11(13)15-8-9/h6,8,10,14H,5,7H2,1-4H3. The Balaban J connectivity index is 2.48. The maximum Gasteiger partial charge on any atom is 0.0701 e. The minimum absolute atomic E-state index is 0.335. The van der Waals surface area contributed by atoms with Crippen molar-refractivity contribution in [2.75, 3.05) is 0 Å². The fraction of sp³-hybridized carbons (Fsp3) is 0.667. The Hall–Kier alpha value is 0.140. The third-order valence-electron chi connectivity index (χ3n) is 2.63. The van der Waals surface area contributed by atoms with Crippen molar-refractivity contribution >= 4 is 27.3 Å². The first-order chi connectivity index (χ1) is 6.93. The number of thiophene rings is 1. The second-order valence-corrected chi connectivity index (χ2v) is 7.26. The van der Waals surface area contributed by atoms with Crippen LogP contribution in [0, 0.1) is 5.41 Å². The molecule has 0 aliphatic heterocycles. The van der Waals surface area contributed by atoms with Crippen molar-refractivity contribution in [3.8, 4) is 0 Å². The molecule has 0 spiro atoms. The van der Waals surface area contributed by atoms with Crippen molar-refractivity contribution in [1.82, 2.24) is 5.32 Å². The second-order valence-electron chi connectivity index (χ2n) is 4.97. The smallest absolute Gasteiger partial charge is 0.0701 e. The van der Waals surface area contributed by atoms with Crippen LogP contribution in [0.15, 0.2) is 15.2 Å². The minimum Gasteiger partial charge on any atom is -0.309 e. The zero-order chi connectivity index (χ0) is 11.5. The van der Waals surface area contributed by atoms with Crippen molar-refractivity contribution < 1.29 is 0 Å². The predicted octanol–water partition coefficient (Wildman–Crippen LogP) is 4.42. The van der Waals surface area contributed by atoms with E-state index in [4.69, 9.17) is 0 Å². The number of hydrogen-bond acceptors (Lipinski definition) is 2. The summed E-state index contributed by atoms with van der Waals surface area (Å²) in [7, 11) is 0. The lowest BCUT2D eigenvalue weighted by Crippen LogP contribution is -2.39. The third-order valence-corrected chi connectivity index (χ3v) is 4.18. The summed E-state index contributed by atoms with van der Waals surface area (Å²) in [5, 5.41) is 5.83. The topological polar surface area (TPSA) is 12.0 Å². The zero-order valence-electron chi connectivity index (χ0n) is 9.93. The van der Waals surface area contributed by atoms with Gasteiger partial charge in [-0.1, -0.05) is 27.7 Å². The summed E-state index contributed by atoms with van der Waals surface area (Å²) < 4.78 is 1.21. The first-order valence-electron chi connectivity index (χ1n) is 5.39. The maximum atomic E-state index is 3.62. The predicted molar refractivity (Wildman–Crippen MR) is 72.4 cm³/mol. The number of halogens is 1. The van der Waals surface area contributed by atoms with E-state index in [1.54, 1.807) is 11.3 Å². The van der Waals surface area contributed by atoms with Crippen LogP contribution < -0.4 is 5.32 Å².